The Morgan fingerprint density at radius 2 is 1.76 bits per heavy atom. The highest BCUT2D eigenvalue weighted by Crippen LogP contribution is 2.68. The molecule has 3 atom stereocenters. The molecule has 2 aromatic heterocycles. The standard InChI is InChI=1S/C26H30N6O/c1-17-11-31(12-18(2)24(17,3)33)22-9-23(29-16-28-22)32-21-8-20(5-4-19(21)10-30-32)26(15-27)13-25(14-26)6-7-25/h4-5,8-10,16-18,33H,6-7,11-14H2,1-3H3/t17-,18+,24-. The van der Waals surface area contributed by atoms with Gasteiger partial charge in [0.25, 0.3) is 0 Å². The molecule has 7 heteroatoms. The molecule has 1 spiro atoms. The molecule has 7 nitrogen and oxygen atoms in total. The topological polar surface area (TPSA) is 90.9 Å². The van der Waals surface area contributed by atoms with Gasteiger partial charge in [-0.3, -0.25) is 0 Å². The largest absolute Gasteiger partial charge is 0.389 e. The van der Waals surface area contributed by atoms with E-state index in [0.717, 1.165) is 48.2 Å². The second kappa shape index (κ2) is 6.77. The lowest BCUT2D eigenvalue weighted by atomic mass is 9.57. The maximum Gasteiger partial charge on any atom is 0.159 e. The van der Waals surface area contributed by atoms with Crippen LogP contribution in [0.4, 0.5) is 5.82 Å². The summed E-state index contributed by atoms with van der Waals surface area (Å²) in [5.74, 6) is 1.82. The SMILES string of the molecule is C[C@@H]1CN(c2cc(-n3ncc4ccc(C5(C#N)CC6(CC6)C5)cc43)ncn2)C[C@H](C)[C@]1(C)O. The summed E-state index contributed by atoms with van der Waals surface area (Å²) in [7, 11) is 0. The molecule has 3 aromatic rings. The van der Waals surface area contributed by atoms with Crippen LogP contribution in [-0.2, 0) is 5.41 Å². The van der Waals surface area contributed by atoms with E-state index in [2.05, 4.69) is 58.1 Å². The number of hydrogen-bond donors (Lipinski definition) is 1. The molecule has 2 saturated carbocycles. The van der Waals surface area contributed by atoms with Gasteiger partial charge < -0.3 is 10.0 Å². The number of benzene rings is 1. The highest BCUT2D eigenvalue weighted by atomic mass is 16.3. The maximum atomic E-state index is 10.8. The fourth-order valence-electron chi connectivity index (χ4n) is 6.01. The van der Waals surface area contributed by atoms with Crippen LogP contribution in [0, 0.1) is 28.6 Å². The molecule has 3 aliphatic rings. The van der Waals surface area contributed by atoms with Gasteiger partial charge in [0.15, 0.2) is 5.82 Å². The van der Waals surface area contributed by atoms with E-state index in [9.17, 15) is 10.4 Å². The Hall–Kier alpha value is -2.98. The number of rotatable bonds is 3. The van der Waals surface area contributed by atoms with Crippen LogP contribution in [0.25, 0.3) is 16.7 Å². The van der Waals surface area contributed by atoms with E-state index in [1.807, 2.05) is 23.9 Å². The van der Waals surface area contributed by atoms with Gasteiger partial charge in [0, 0.05) is 36.4 Å². The molecule has 3 heterocycles. The molecule has 0 radical (unpaired) electrons. The summed E-state index contributed by atoms with van der Waals surface area (Å²) in [6, 6.07) is 10.9. The Bertz CT molecular complexity index is 1260. The fraction of sp³-hybridized carbons (Fsp3) is 0.538. The number of piperidine rings is 1. The van der Waals surface area contributed by atoms with Crippen molar-refractivity contribution in [2.45, 2.75) is 57.5 Å². The van der Waals surface area contributed by atoms with Crippen molar-refractivity contribution in [3.63, 3.8) is 0 Å². The van der Waals surface area contributed by atoms with Crippen LogP contribution in [0.3, 0.4) is 0 Å². The van der Waals surface area contributed by atoms with Crippen LogP contribution in [0.1, 0.15) is 52.0 Å². The number of fused-ring (bicyclic) bond motifs is 1. The predicted octanol–water partition coefficient (Wildman–Crippen LogP) is 3.99. The Labute approximate surface area is 194 Å². The van der Waals surface area contributed by atoms with Gasteiger partial charge in [0.1, 0.15) is 12.1 Å². The third-order valence-electron chi connectivity index (χ3n) is 8.81. The minimum atomic E-state index is -0.682. The van der Waals surface area contributed by atoms with Crippen molar-refractivity contribution in [2.75, 3.05) is 18.0 Å². The number of aliphatic hydroxyl groups is 1. The molecule has 2 aliphatic carbocycles. The summed E-state index contributed by atoms with van der Waals surface area (Å²) in [5.41, 5.74) is 1.45. The lowest BCUT2D eigenvalue weighted by Gasteiger charge is -2.46. The van der Waals surface area contributed by atoms with Crippen molar-refractivity contribution >= 4 is 16.7 Å². The fourth-order valence-corrected chi connectivity index (χ4v) is 6.01. The lowest BCUT2D eigenvalue weighted by Crippen LogP contribution is -2.55. The number of nitrogens with zero attached hydrogens (tertiary/aromatic N) is 6. The first-order chi connectivity index (χ1) is 15.8. The van der Waals surface area contributed by atoms with E-state index in [1.54, 1.807) is 6.33 Å². The quantitative estimate of drug-likeness (QED) is 0.659. The number of nitriles is 1. The van der Waals surface area contributed by atoms with Gasteiger partial charge in [0.2, 0.25) is 0 Å². The van der Waals surface area contributed by atoms with Crippen molar-refractivity contribution in [1.29, 1.82) is 5.26 Å². The molecular formula is C26H30N6O. The highest BCUT2D eigenvalue weighted by molar-refractivity contribution is 5.81. The molecule has 170 valence electrons. The number of anilines is 1. The number of hydrogen-bond acceptors (Lipinski definition) is 6. The van der Waals surface area contributed by atoms with Crippen molar-refractivity contribution < 1.29 is 5.11 Å². The molecule has 0 bridgehead atoms. The van der Waals surface area contributed by atoms with Crippen LogP contribution in [0.2, 0.25) is 0 Å². The van der Waals surface area contributed by atoms with E-state index in [0.29, 0.717) is 11.2 Å². The second-order valence-corrected chi connectivity index (χ2v) is 11.0. The Morgan fingerprint density at radius 3 is 2.42 bits per heavy atom. The van der Waals surface area contributed by atoms with Crippen molar-refractivity contribution in [1.82, 2.24) is 19.7 Å². The second-order valence-electron chi connectivity index (χ2n) is 11.0. The average molecular weight is 443 g/mol. The zero-order valence-electron chi connectivity index (χ0n) is 19.5. The summed E-state index contributed by atoms with van der Waals surface area (Å²) < 4.78 is 1.85. The maximum absolute atomic E-state index is 10.8. The third kappa shape index (κ3) is 3.07. The van der Waals surface area contributed by atoms with Crippen molar-refractivity contribution in [3.05, 3.63) is 42.4 Å². The first-order valence-corrected chi connectivity index (χ1v) is 11.9. The molecule has 1 aromatic carbocycles. The zero-order valence-corrected chi connectivity index (χ0v) is 19.5. The molecule has 1 aliphatic heterocycles. The molecule has 6 rings (SSSR count). The van der Waals surface area contributed by atoms with E-state index in [1.165, 1.54) is 12.8 Å². The molecule has 0 amide bonds. The van der Waals surface area contributed by atoms with Crippen LogP contribution in [0.5, 0.6) is 0 Å². The van der Waals surface area contributed by atoms with Gasteiger partial charge in [-0.05, 0) is 49.7 Å². The summed E-state index contributed by atoms with van der Waals surface area (Å²) >= 11 is 0. The molecule has 33 heavy (non-hydrogen) atoms. The van der Waals surface area contributed by atoms with Crippen LogP contribution in [0.15, 0.2) is 36.8 Å². The summed E-state index contributed by atoms with van der Waals surface area (Å²) in [4.78, 5) is 11.3. The normalized spacial score (nSPS) is 29.6. The average Bonchev–Trinajstić information content (AvgIpc) is 3.46. The van der Waals surface area contributed by atoms with Gasteiger partial charge in [-0.2, -0.15) is 10.4 Å². The molecule has 1 saturated heterocycles. The Kier molecular flexibility index (Phi) is 4.23. The minimum Gasteiger partial charge on any atom is -0.389 e. The molecule has 1 N–H and O–H groups in total. The Balaban J connectivity index is 1.34. The van der Waals surface area contributed by atoms with Crippen LogP contribution in [-0.4, -0.2) is 43.5 Å². The van der Waals surface area contributed by atoms with Gasteiger partial charge in [-0.1, -0.05) is 26.0 Å². The van der Waals surface area contributed by atoms with Crippen LogP contribution >= 0.6 is 0 Å². The summed E-state index contributed by atoms with van der Waals surface area (Å²) in [6.07, 6.45) is 7.92. The third-order valence-corrected chi connectivity index (χ3v) is 8.81. The first kappa shape index (κ1) is 20.6. The predicted molar refractivity (Wildman–Crippen MR) is 126 cm³/mol. The van der Waals surface area contributed by atoms with E-state index in [-0.39, 0.29) is 17.3 Å². The van der Waals surface area contributed by atoms with E-state index < -0.39 is 5.60 Å². The lowest BCUT2D eigenvalue weighted by molar-refractivity contribution is -0.0504. The smallest absolute Gasteiger partial charge is 0.159 e. The van der Waals surface area contributed by atoms with Crippen molar-refractivity contribution in [2.24, 2.45) is 17.3 Å². The van der Waals surface area contributed by atoms with Gasteiger partial charge in [0.05, 0.1) is 28.8 Å². The van der Waals surface area contributed by atoms with E-state index >= 15 is 0 Å². The molecule has 3 fully saturated rings. The molecule has 0 unspecified atom stereocenters. The summed E-state index contributed by atoms with van der Waals surface area (Å²) in [6.45, 7) is 7.59. The van der Waals surface area contributed by atoms with E-state index in [4.69, 9.17) is 0 Å². The monoisotopic (exact) mass is 442 g/mol. The van der Waals surface area contributed by atoms with Crippen molar-refractivity contribution in [3.8, 4) is 11.9 Å². The first-order valence-electron chi connectivity index (χ1n) is 11.9. The number of aromatic nitrogens is 4. The molecular weight excluding hydrogens is 412 g/mol. The summed E-state index contributed by atoms with van der Waals surface area (Å²) in [5, 5.41) is 26.4. The highest BCUT2D eigenvalue weighted by Gasteiger charge is 2.62. The Morgan fingerprint density at radius 1 is 1.06 bits per heavy atom. The minimum absolute atomic E-state index is 0.132. The zero-order chi connectivity index (χ0) is 23.0. The van der Waals surface area contributed by atoms with Gasteiger partial charge >= 0.3 is 0 Å². The van der Waals surface area contributed by atoms with Gasteiger partial charge in [-0.25, -0.2) is 14.6 Å². The van der Waals surface area contributed by atoms with Crippen LogP contribution < -0.4 is 4.90 Å². The van der Waals surface area contributed by atoms with Gasteiger partial charge in [-0.15, -0.1) is 0 Å².